The van der Waals surface area contributed by atoms with Gasteiger partial charge in [0, 0.05) is 32.2 Å². The van der Waals surface area contributed by atoms with Crippen LogP contribution in [-0.4, -0.2) is 54.4 Å². The van der Waals surface area contributed by atoms with Crippen molar-refractivity contribution in [3.05, 3.63) is 17.8 Å². The van der Waals surface area contributed by atoms with E-state index in [9.17, 15) is 0 Å². The maximum absolute atomic E-state index is 4.39. The number of piperazine rings is 1. The average molecular weight is 277 g/mol. The van der Waals surface area contributed by atoms with Crippen LogP contribution in [0.1, 0.15) is 26.5 Å². The lowest BCUT2D eigenvalue weighted by molar-refractivity contribution is 0.274. The highest BCUT2D eigenvalue weighted by molar-refractivity contribution is 5.39. The van der Waals surface area contributed by atoms with Crippen LogP contribution in [0.15, 0.2) is 12.1 Å². The molecule has 1 unspecified atom stereocenters. The molecule has 0 radical (unpaired) electrons. The molecule has 0 spiro atoms. The largest absolute Gasteiger partial charge is 0.350 e. The quantitative estimate of drug-likeness (QED) is 0.880. The summed E-state index contributed by atoms with van der Waals surface area (Å²) in [5.41, 5.74) is 1.01. The standard InChI is InChI=1S/C15H27N5/c1-12(2)9-16-10-14-5-6-15(18-17-14)20-8-7-19(4)11-13(20)3/h5-6,12-13,16H,7-11H2,1-4H3. The zero-order valence-corrected chi connectivity index (χ0v) is 13.1. The van der Waals surface area contributed by atoms with Gasteiger partial charge in [-0.15, -0.1) is 5.10 Å². The van der Waals surface area contributed by atoms with E-state index in [-0.39, 0.29) is 0 Å². The number of rotatable bonds is 5. The molecule has 1 aliphatic heterocycles. The second kappa shape index (κ2) is 6.99. The highest BCUT2D eigenvalue weighted by Crippen LogP contribution is 2.16. The smallest absolute Gasteiger partial charge is 0.151 e. The summed E-state index contributed by atoms with van der Waals surface area (Å²) in [4.78, 5) is 4.71. The number of anilines is 1. The monoisotopic (exact) mass is 277 g/mol. The van der Waals surface area contributed by atoms with Crippen molar-refractivity contribution in [1.82, 2.24) is 20.4 Å². The fraction of sp³-hybridized carbons (Fsp3) is 0.733. The predicted octanol–water partition coefficient (Wildman–Crippen LogP) is 1.36. The molecule has 0 aliphatic carbocycles. The van der Waals surface area contributed by atoms with Crippen molar-refractivity contribution >= 4 is 5.82 Å². The molecule has 1 atom stereocenters. The first-order valence-corrected chi connectivity index (χ1v) is 7.54. The summed E-state index contributed by atoms with van der Waals surface area (Å²) >= 11 is 0. The van der Waals surface area contributed by atoms with Crippen LogP contribution in [-0.2, 0) is 6.54 Å². The molecule has 112 valence electrons. The third kappa shape index (κ3) is 4.15. The minimum atomic E-state index is 0.493. The lowest BCUT2D eigenvalue weighted by Gasteiger charge is -2.38. The van der Waals surface area contributed by atoms with Crippen LogP contribution in [0.25, 0.3) is 0 Å². The second-order valence-corrected chi connectivity index (χ2v) is 6.21. The molecule has 20 heavy (non-hydrogen) atoms. The minimum Gasteiger partial charge on any atom is -0.350 e. The third-order valence-corrected chi connectivity index (χ3v) is 3.69. The molecule has 1 N–H and O–H groups in total. The van der Waals surface area contributed by atoms with Crippen molar-refractivity contribution in [3.63, 3.8) is 0 Å². The SMILES string of the molecule is CC(C)CNCc1ccc(N2CCN(C)CC2C)nn1. The first-order chi connectivity index (χ1) is 9.56. The summed E-state index contributed by atoms with van der Waals surface area (Å²) in [6, 6.07) is 4.68. The molecule has 1 saturated heterocycles. The van der Waals surface area contributed by atoms with Gasteiger partial charge in [0.25, 0.3) is 0 Å². The molecule has 1 aromatic heterocycles. The Morgan fingerprint density at radius 3 is 2.70 bits per heavy atom. The molecule has 5 heteroatoms. The number of nitrogens with zero attached hydrogens (tertiary/aromatic N) is 4. The average Bonchev–Trinajstić information content (AvgIpc) is 2.39. The van der Waals surface area contributed by atoms with Crippen LogP contribution < -0.4 is 10.2 Å². The fourth-order valence-electron chi connectivity index (χ4n) is 2.57. The molecule has 0 amide bonds. The van der Waals surface area contributed by atoms with E-state index in [1.165, 1.54) is 0 Å². The topological polar surface area (TPSA) is 44.3 Å². The number of likely N-dealkylation sites (N-methyl/N-ethyl adjacent to an activating group) is 1. The van der Waals surface area contributed by atoms with Crippen LogP contribution in [0.5, 0.6) is 0 Å². The van der Waals surface area contributed by atoms with Gasteiger partial charge < -0.3 is 15.1 Å². The summed E-state index contributed by atoms with van der Waals surface area (Å²) < 4.78 is 0. The van der Waals surface area contributed by atoms with Crippen molar-refractivity contribution in [2.45, 2.75) is 33.4 Å². The van der Waals surface area contributed by atoms with Crippen molar-refractivity contribution < 1.29 is 0 Å². The Morgan fingerprint density at radius 1 is 1.30 bits per heavy atom. The van der Waals surface area contributed by atoms with Gasteiger partial charge in [-0.05, 0) is 38.6 Å². The molecular weight excluding hydrogens is 250 g/mol. The normalized spacial score (nSPS) is 20.6. The molecule has 1 aliphatic rings. The number of nitrogens with one attached hydrogen (secondary N) is 1. The van der Waals surface area contributed by atoms with Gasteiger partial charge in [-0.3, -0.25) is 0 Å². The van der Waals surface area contributed by atoms with E-state index in [1.54, 1.807) is 0 Å². The molecule has 5 nitrogen and oxygen atoms in total. The lowest BCUT2D eigenvalue weighted by Crippen LogP contribution is -2.50. The molecule has 1 aromatic rings. The Bertz CT molecular complexity index is 403. The highest BCUT2D eigenvalue weighted by Gasteiger charge is 2.22. The zero-order valence-electron chi connectivity index (χ0n) is 13.1. The van der Waals surface area contributed by atoms with Gasteiger partial charge in [-0.1, -0.05) is 13.8 Å². The van der Waals surface area contributed by atoms with Gasteiger partial charge in [0.2, 0.25) is 0 Å². The summed E-state index contributed by atoms with van der Waals surface area (Å²) in [6.45, 7) is 11.7. The number of hydrogen-bond donors (Lipinski definition) is 1. The van der Waals surface area contributed by atoms with E-state index in [0.717, 1.165) is 44.2 Å². The van der Waals surface area contributed by atoms with Crippen LogP contribution in [0, 0.1) is 5.92 Å². The van der Waals surface area contributed by atoms with Crippen LogP contribution in [0.4, 0.5) is 5.82 Å². The Labute approximate surface area is 122 Å². The van der Waals surface area contributed by atoms with Gasteiger partial charge in [0.05, 0.1) is 5.69 Å². The van der Waals surface area contributed by atoms with Gasteiger partial charge in [0.15, 0.2) is 5.82 Å². The van der Waals surface area contributed by atoms with Crippen molar-refractivity contribution in [2.24, 2.45) is 5.92 Å². The first-order valence-electron chi connectivity index (χ1n) is 7.54. The van der Waals surface area contributed by atoms with E-state index in [4.69, 9.17) is 0 Å². The van der Waals surface area contributed by atoms with Crippen molar-refractivity contribution in [3.8, 4) is 0 Å². The molecule has 0 saturated carbocycles. The maximum Gasteiger partial charge on any atom is 0.151 e. The van der Waals surface area contributed by atoms with Crippen LogP contribution in [0.3, 0.4) is 0 Å². The summed E-state index contributed by atoms with van der Waals surface area (Å²) in [7, 11) is 2.17. The summed E-state index contributed by atoms with van der Waals surface area (Å²) in [5.74, 6) is 1.66. The fourth-order valence-corrected chi connectivity index (χ4v) is 2.57. The predicted molar refractivity (Wildman–Crippen MR) is 82.9 cm³/mol. The maximum atomic E-state index is 4.39. The van der Waals surface area contributed by atoms with Crippen molar-refractivity contribution in [1.29, 1.82) is 0 Å². The molecule has 0 bridgehead atoms. The zero-order chi connectivity index (χ0) is 14.5. The van der Waals surface area contributed by atoms with E-state index in [0.29, 0.717) is 12.0 Å². The molecule has 0 aromatic carbocycles. The second-order valence-electron chi connectivity index (χ2n) is 6.21. The number of aromatic nitrogens is 2. The Morgan fingerprint density at radius 2 is 2.10 bits per heavy atom. The molecule has 2 heterocycles. The summed E-state index contributed by atoms with van der Waals surface area (Å²) in [5, 5.41) is 12.1. The van der Waals surface area contributed by atoms with E-state index in [1.807, 2.05) is 0 Å². The Hall–Kier alpha value is -1.20. The minimum absolute atomic E-state index is 0.493. The third-order valence-electron chi connectivity index (χ3n) is 3.69. The van der Waals surface area contributed by atoms with E-state index < -0.39 is 0 Å². The van der Waals surface area contributed by atoms with Gasteiger partial charge in [0.1, 0.15) is 0 Å². The van der Waals surface area contributed by atoms with Crippen LogP contribution in [0.2, 0.25) is 0 Å². The highest BCUT2D eigenvalue weighted by atomic mass is 15.3. The van der Waals surface area contributed by atoms with Gasteiger partial charge in [-0.25, -0.2) is 0 Å². The molecular formula is C15H27N5. The Balaban J connectivity index is 1.91. The van der Waals surface area contributed by atoms with E-state index in [2.05, 4.69) is 65.3 Å². The Kier molecular flexibility index (Phi) is 5.31. The lowest BCUT2D eigenvalue weighted by atomic mass is 10.2. The molecule has 2 rings (SSSR count). The molecule has 1 fully saturated rings. The first kappa shape index (κ1) is 15.2. The number of hydrogen-bond acceptors (Lipinski definition) is 5. The van der Waals surface area contributed by atoms with Crippen molar-refractivity contribution in [2.75, 3.05) is 38.1 Å². The van der Waals surface area contributed by atoms with Gasteiger partial charge >= 0.3 is 0 Å². The van der Waals surface area contributed by atoms with Gasteiger partial charge in [-0.2, -0.15) is 5.10 Å². The summed E-state index contributed by atoms with van der Waals surface area (Å²) in [6.07, 6.45) is 0. The van der Waals surface area contributed by atoms with E-state index >= 15 is 0 Å². The van der Waals surface area contributed by atoms with Crippen LogP contribution >= 0.6 is 0 Å².